The number of hydrogen-bond donors (Lipinski definition) is 2. The van der Waals surface area contributed by atoms with Crippen molar-refractivity contribution >= 4 is 63.9 Å². The van der Waals surface area contributed by atoms with E-state index in [-0.39, 0.29) is 37.9 Å². The summed E-state index contributed by atoms with van der Waals surface area (Å²) in [6.07, 6.45) is 0.779. The first-order valence-electron chi connectivity index (χ1n) is 7.67. The molecule has 0 aliphatic heterocycles. The van der Waals surface area contributed by atoms with Gasteiger partial charge in [-0.25, -0.2) is 4.98 Å². The van der Waals surface area contributed by atoms with Gasteiger partial charge in [-0.05, 0) is 25.5 Å². The van der Waals surface area contributed by atoms with Gasteiger partial charge in [0.1, 0.15) is 10.8 Å². The Morgan fingerprint density at radius 1 is 1.04 bits per heavy atom. The molecule has 2 N–H and O–H groups in total. The van der Waals surface area contributed by atoms with Crippen LogP contribution in [-0.4, -0.2) is 22.8 Å². The van der Waals surface area contributed by atoms with Gasteiger partial charge in [0.15, 0.2) is 0 Å². The molecule has 0 spiro atoms. The number of hydrogen-bond acceptors (Lipinski definition) is 3. The maximum atomic E-state index is 12.6. The number of carbonyl (C=O) groups is 2. The van der Waals surface area contributed by atoms with E-state index in [1.54, 1.807) is 24.3 Å². The molecule has 1 aromatic heterocycles. The predicted octanol–water partition coefficient (Wildman–Crippen LogP) is 5.48. The highest BCUT2D eigenvalue weighted by Crippen LogP contribution is 2.36. The van der Waals surface area contributed by atoms with Crippen LogP contribution in [0.1, 0.15) is 41.1 Å². The summed E-state index contributed by atoms with van der Waals surface area (Å²) in [7, 11) is 0. The Bertz CT molecular complexity index is 858. The van der Waals surface area contributed by atoms with Crippen LogP contribution in [0.3, 0.4) is 0 Å². The smallest absolute Gasteiger partial charge is 0.275 e. The Morgan fingerprint density at radius 2 is 1.69 bits per heavy atom. The average Bonchev–Trinajstić information content (AvgIpc) is 2.63. The highest BCUT2D eigenvalue weighted by atomic mass is 35.5. The fourth-order valence-electron chi connectivity index (χ4n) is 2.01. The molecular formula is C17H15Cl4N3O2. The van der Waals surface area contributed by atoms with Crippen molar-refractivity contribution in [2.24, 2.45) is 0 Å². The zero-order valence-electron chi connectivity index (χ0n) is 13.9. The maximum Gasteiger partial charge on any atom is 0.275 e. The van der Waals surface area contributed by atoms with Gasteiger partial charge in [0.2, 0.25) is 0 Å². The lowest BCUT2D eigenvalue weighted by atomic mass is 10.1. The minimum absolute atomic E-state index is 0.00347. The second-order valence-electron chi connectivity index (χ2n) is 5.48. The van der Waals surface area contributed by atoms with Gasteiger partial charge in [-0.2, -0.15) is 0 Å². The lowest BCUT2D eigenvalue weighted by molar-refractivity contribution is 0.0940. The van der Waals surface area contributed by atoms with Crippen LogP contribution in [0.25, 0.3) is 0 Å². The molecule has 0 aliphatic rings. The van der Waals surface area contributed by atoms with Gasteiger partial charge in [0.05, 0.1) is 26.3 Å². The molecule has 0 saturated carbocycles. The number of halogens is 4. The molecule has 0 aliphatic carbocycles. The second-order valence-corrected chi connectivity index (χ2v) is 6.97. The average molecular weight is 435 g/mol. The zero-order valence-corrected chi connectivity index (χ0v) is 16.9. The number of rotatable bonds is 5. The highest BCUT2D eigenvalue weighted by molar-refractivity contribution is 6.52. The summed E-state index contributed by atoms with van der Waals surface area (Å²) in [6, 6.07) is 6.58. The van der Waals surface area contributed by atoms with E-state index in [4.69, 9.17) is 46.4 Å². The van der Waals surface area contributed by atoms with Crippen molar-refractivity contribution in [3.63, 3.8) is 0 Å². The second kappa shape index (κ2) is 8.91. The van der Waals surface area contributed by atoms with Crippen molar-refractivity contribution in [1.82, 2.24) is 10.3 Å². The molecule has 26 heavy (non-hydrogen) atoms. The molecule has 0 radical (unpaired) electrons. The number of pyridine rings is 1. The molecule has 1 atom stereocenters. The van der Waals surface area contributed by atoms with E-state index in [9.17, 15) is 9.59 Å². The van der Waals surface area contributed by atoms with Gasteiger partial charge in [-0.15, -0.1) is 0 Å². The number of para-hydroxylation sites is 1. The van der Waals surface area contributed by atoms with Crippen molar-refractivity contribution in [2.45, 2.75) is 26.3 Å². The zero-order chi connectivity index (χ0) is 19.4. The van der Waals surface area contributed by atoms with E-state index in [0.717, 1.165) is 6.42 Å². The first kappa shape index (κ1) is 20.8. The van der Waals surface area contributed by atoms with Crippen LogP contribution in [0.2, 0.25) is 20.2 Å². The molecule has 138 valence electrons. The van der Waals surface area contributed by atoms with Gasteiger partial charge < -0.3 is 10.6 Å². The van der Waals surface area contributed by atoms with Crippen LogP contribution < -0.4 is 10.6 Å². The number of anilines is 1. The van der Waals surface area contributed by atoms with Crippen molar-refractivity contribution < 1.29 is 9.59 Å². The first-order chi connectivity index (χ1) is 12.3. The quantitative estimate of drug-likeness (QED) is 0.612. The Labute approximate surface area is 171 Å². The van der Waals surface area contributed by atoms with Gasteiger partial charge in [-0.3, -0.25) is 9.59 Å². The molecule has 2 amide bonds. The number of nitrogens with one attached hydrogen (secondary N) is 2. The molecule has 0 fully saturated rings. The molecule has 0 bridgehead atoms. The monoisotopic (exact) mass is 433 g/mol. The molecule has 1 unspecified atom stereocenters. The third kappa shape index (κ3) is 4.60. The lowest BCUT2D eigenvalue weighted by Crippen LogP contribution is -2.32. The van der Waals surface area contributed by atoms with Gasteiger partial charge in [0, 0.05) is 6.04 Å². The largest absolute Gasteiger partial charge is 0.350 e. The molecule has 9 heteroatoms. The van der Waals surface area contributed by atoms with Crippen LogP contribution in [-0.2, 0) is 0 Å². The fourth-order valence-corrected chi connectivity index (χ4v) is 2.83. The van der Waals surface area contributed by atoms with E-state index >= 15 is 0 Å². The summed E-state index contributed by atoms with van der Waals surface area (Å²) in [5, 5.41) is 5.08. The summed E-state index contributed by atoms with van der Waals surface area (Å²) >= 11 is 23.7. The van der Waals surface area contributed by atoms with Gasteiger partial charge >= 0.3 is 0 Å². The fraction of sp³-hybridized carbons (Fsp3) is 0.235. The molecular weight excluding hydrogens is 420 g/mol. The molecule has 2 aromatic rings. The third-order valence-electron chi connectivity index (χ3n) is 3.61. The number of benzene rings is 1. The topological polar surface area (TPSA) is 71.1 Å². The van der Waals surface area contributed by atoms with E-state index in [0.29, 0.717) is 11.3 Å². The predicted molar refractivity (Wildman–Crippen MR) is 106 cm³/mol. The van der Waals surface area contributed by atoms with Gasteiger partial charge in [0.25, 0.3) is 11.8 Å². The Kier molecular flexibility index (Phi) is 7.12. The summed E-state index contributed by atoms with van der Waals surface area (Å²) in [5.41, 5.74) is 0.421. The first-order valence-corrected chi connectivity index (χ1v) is 9.18. The number of amides is 2. The Morgan fingerprint density at radius 3 is 2.35 bits per heavy atom. The van der Waals surface area contributed by atoms with Crippen molar-refractivity contribution in [1.29, 1.82) is 0 Å². The van der Waals surface area contributed by atoms with Crippen LogP contribution in [0.15, 0.2) is 24.3 Å². The number of aromatic nitrogens is 1. The molecule has 0 saturated heterocycles. The summed E-state index contributed by atoms with van der Waals surface area (Å²) in [5.74, 6) is -0.972. The molecule has 1 aromatic carbocycles. The van der Waals surface area contributed by atoms with Crippen molar-refractivity contribution in [3.8, 4) is 0 Å². The van der Waals surface area contributed by atoms with Gasteiger partial charge in [-0.1, -0.05) is 65.5 Å². The summed E-state index contributed by atoms with van der Waals surface area (Å²) in [6.45, 7) is 3.85. The minimum atomic E-state index is -0.667. The normalized spacial score (nSPS) is 11.8. The lowest BCUT2D eigenvalue weighted by Gasteiger charge is -2.15. The van der Waals surface area contributed by atoms with E-state index in [1.165, 1.54) is 0 Å². The van der Waals surface area contributed by atoms with E-state index in [2.05, 4.69) is 15.6 Å². The Balaban J connectivity index is 2.33. The SMILES string of the molecule is CCC(C)NC(=O)c1ccccc1NC(=O)c1nc(Cl)c(Cl)c(Cl)c1Cl. The van der Waals surface area contributed by atoms with Crippen LogP contribution in [0, 0.1) is 0 Å². The van der Waals surface area contributed by atoms with Crippen LogP contribution >= 0.6 is 46.4 Å². The maximum absolute atomic E-state index is 12.6. The van der Waals surface area contributed by atoms with E-state index < -0.39 is 5.91 Å². The van der Waals surface area contributed by atoms with E-state index in [1.807, 2.05) is 13.8 Å². The Hall–Kier alpha value is -1.53. The highest BCUT2D eigenvalue weighted by Gasteiger charge is 2.22. The third-order valence-corrected chi connectivity index (χ3v) is 5.29. The standard InChI is InChI=1S/C17H15Cl4N3O2/c1-3-8(2)22-16(25)9-6-4-5-7-10(9)23-17(26)14-12(19)11(18)13(20)15(21)24-14/h4-8H,3H2,1-2H3,(H,22,25)(H,23,26). The number of carbonyl (C=O) groups excluding carboxylic acids is 2. The molecule has 1 heterocycles. The summed E-state index contributed by atoms with van der Waals surface area (Å²) in [4.78, 5) is 28.8. The van der Waals surface area contributed by atoms with Crippen molar-refractivity contribution in [2.75, 3.05) is 5.32 Å². The van der Waals surface area contributed by atoms with Crippen LogP contribution in [0.5, 0.6) is 0 Å². The van der Waals surface area contributed by atoms with Crippen LogP contribution in [0.4, 0.5) is 5.69 Å². The molecule has 5 nitrogen and oxygen atoms in total. The number of nitrogens with zero attached hydrogens (tertiary/aromatic N) is 1. The minimum Gasteiger partial charge on any atom is -0.350 e. The molecule has 2 rings (SSSR count). The van der Waals surface area contributed by atoms with Crippen molar-refractivity contribution in [3.05, 3.63) is 55.7 Å². The summed E-state index contributed by atoms with van der Waals surface area (Å²) < 4.78 is 0.